The van der Waals surface area contributed by atoms with Crippen LogP contribution in [0.5, 0.6) is 0 Å². The summed E-state index contributed by atoms with van der Waals surface area (Å²) in [6.07, 6.45) is 3.56. The average molecular weight is 291 g/mol. The maximum absolute atomic E-state index is 11.7. The first-order valence-electron chi connectivity index (χ1n) is 7.62. The van der Waals surface area contributed by atoms with Crippen LogP contribution >= 0.6 is 0 Å². The predicted octanol–water partition coefficient (Wildman–Crippen LogP) is 1.54. The van der Waals surface area contributed by atoms with Gasteiger partial charge in [-0.2, -0.15) is 0 Å². The molecule has 2 heterocycles. The van der Waals surface area contributed by atoms with E-state index in [-0.39, 0.29) is 5.91 Å². The molecule has 0 unspecified atom stereocenters. The van der Waals surface area contributed by atoms with Crippen LogP contribution in [0.15, 0.2) is 18.2 Å². The molecule has 1 aromatic heterocycles. The first-order chi connectivity index (χ1) is 10.2. The molecule has 5 nitrogen and oxygen atoms in total. The Morgan fingerprint density at radius 3 is 3.10 bits per heavy atom. The van der Waals surface area contributed by atoms with Crippen molar-refractivity contribution in [1.29, 1.82) is 0 Å². The summed E-state index contributed by atoms with van der Waals surface area (Å²) in [5.74, 6) is 0.0530. The van der Waals surface area contributed by atoms with Gasteiger partial charge in [0, 0.05) is 25.8 Å². The normalized spacial score (nSPS) is 18.9. The van der Waals surface area contributed by atoms with Gasteiger partial charge in [-0.1, -0.05) is 6.07 Å². The lowest BCUT2D eigenvalue weighted by molar-refractivity contribution is -0.121. The van der Waals surface area contributed by atoms with Crippen molar-refractivity contribution in [2.75, 3.05) is 33.9 Å². The molecule has 0 bridgehead atoms. The molecule has 1 atom stereocenters. The molecule has 0 aromatic carbocycles. The summed E-state index contributed by atoms with van der Waals surface area (Å²) >= 11 is 0. The van der Waals surface area contributed by atoms with Gasteiger partial charge in [0.25, 0.3) is 0 Å². The zero-order chi connectivity index (χ0) is 15.1. The second kappa shape index (κ2) is 8.10. The van der Waals surface area contributed by atoms with Gasteiger partial charge in [-0.05, 0) is 45.0 Å². The van der Waals surface area contributed by atoms with Crippen LogP contribution in [0.1, 0.15) is 36.7 Å². The van der Waals surface area contributed by atoms with Crippen LogP contribution in [0.25, 0.3) is 0 Å². The zero-order valence-electron chi connectivity index (χ0n) is 13.0. The number of aryl methyl sites for hydroxylation is 1. The molecule has 0 saturated carbocycles. The number of ether oxygens (including phenoxy) is 1. The molecule has 116 valence electrons. The van der Waals surface area contributed by atoms with Crippen molar-refractivity contribution in [2.24, 2.45) is 0 Å². The van der Waals surface area contributed by atoms with Gasteiger partial charge in [0.1, 0.15) is 0 Å². The van der Waals surface area contributed by atoms with E-state index < -0.39 is 0 Å². The third kappa shape index (κ3) is 4.79. The van der Waals surface area contributed by atoms with Gasteiger partial charge in [0.2, 0.25) is 5.91 Å². The van der Waals surface area contributed by atoms with Gasteiger partial charge >= 0.3 is 0 Å². The summed E-state index contributed by atoms with van der Waals surface area (Å²) in [6, 6.07) is 6.57. The Hall–Kier alpha value is -1.46. The van der Waals surface area contributed by atoms with Crippen molar-refractivity contribution in [1.82, 2.24) is 15.2 Å². The van der Waals surface area contributed by atoms with Gasteiger partial charge < -0.3 is 10.1 Å². The maximum atomic E-state index is 11.7. The van der Waals surface area contributed by atoms with Gasteiger partial charge in [-0.25, -0.2) is 0 Å². The largest absolute Gasteiger partial charge is 0.383 e. The number of pyridine rings is 1. The molecule has 1 aliphatic heterocycles. The summed E-state index contributed by atoms with van der Waals surface area (Å²) < 4.78 is 4.91. The van der Waals surface area contributed by atoms with E-state index in [9.17, 15) is 4.79 Å². The predicted molar refractivity (Wildman–Crippen MR) is 82.0 cm³/mol. The highest BCUT2D eigenvalue weighted by molar-refractivity contribution is 5.76. The van der Waals surface area contributed by atoms with Crippen LogP contribution < -0.4 is 5.32 Å². The highest BCUT2D eigenvalue weighted by atomic mass is 16.5. The molecule has 0 spiro atoms. The number of carbonyl (C=O) groups is 1. The molecular formula is C16H25N3O2. The van der Waals surface area contributed by atoms with Crippen molar-refractivity contribution >= 4 is 5.91 Å². The van der Waals surface area contributed by atoms with Crippen LogP contribution in [0.2, 0.25) is 0 Å². The summed E-state index contributed by atoms with van der Waals surface area (Å²) in [6.45, 7) is 2.25. The number of aromatic nitrogens is 1. The highest BCUT2D eigenvalue weighted by Gasteiger charge is 2.23. The summed E-state index contributed by atoms with van der Waals surface area (Å²) in [5, 5.41) is 2.83. The molecule has 0 radical (unpaired) electrons. The quantitative estimate of drug-likeness (QED) is 0.774. The number of nitrogens with zero attached hydrogens (tertiary/aromatic N) is 2. The third-order valence-electron chi connectivity index (χ3n) is 3.93. The molecule has 1 aliphatic rings. The second-order valence-corrected chi connectivity index (χ2v) is 5.54. The zero-order valence-corrected chi connectivity index (χ0v) is 13.0. The fourth-order valence-electron chi connectivity index (χ4n) is 2.73. The molecule has 1 aromatic rings. The van der Waals surface area contributed by atoms with E-state index in [4.69, 9.17) is 9.72 Å². The molecule has 1 saturated heterocycles. The SMILES string of the molecule is COCCNC(=O)CCc1cccc([C@H]2CCCN2C)n1. The van der Waals surface area contributed by atoms with E-state index >= 15 is 0 Å². The average Bonchev–Trinajstić information content (AvgIpc) is 2.92. The number of hydrogen-bond acceptors (Lipinski definition) is 4. The Balaban J connectivity index is 1.85. The van der Waals surface area contributed by atoms with Crippen LogP contribution in [-0.2, 0) is 16.0 Å². The Bertz CT molecular complexity index is 465. The Morgan fingerprint density at radius 2 is 2.38 bits per heavy atom. The van der Waals surface area contributed by atoms with Crippen LogP contribution in [-0.4, -0.2) is 49.6 Å². The number of rotatable bonds is 7. The van der Waals surface area contributed by atoms with E-state index in [0.717, 1.165) is 17.9 Å². The van der Waals surface area contributed by atoms with E-state index in [1.54, 1.807) is 7.11 Å². The summed E-state index contributed by atoms with van der Waals surface area (Å²) in [7, 11) is 3.77. The van der Waals surface area contributed by atoms with E-state index in [2.05, 4.69) is 23.3 Å². The number of amides is 1. The molecule has 5 heteroatoms. The smallest absolute Gasteiger partial charge is 0.220 e. The van der Waals surface area contributed by atoms with Crippen molar-refractivity contribution in [3.8, 4) is 0 Å². The molecule has 1 N–H and O–H groups in total. The van der Waals surface area contributed by atoms with Gasteiger partial charge in [-0.3, -0.25) is 14.7 Å². The Kier molecular flexibility index (Phi) is 6.14. The van der Waals surface area contributed by atoms with E-state index in [0.29, 0.717) is 32.0 Å². The standard InChI is InChI=1S/C16H25N3O2/c1-19-11-4-7-15(19)14-6-3-5-13(18-14)8-9-16(20)17-10-12-21-2/h3,5-6,15H,4,7-12H2,1-2H3,(H,17,20)/t15-/m1/s1. The minimum Gasteiger partial charge on any atom is -0.383 e. The minimum absolute atomic E-state index is 0.0530. The van der Waals surface area contributed by atoms with Gasteiger partial charge in [0.05, 0.1) is 18.3 Å². The van der Waals surface area contributed by atoms with Crippen LogP contribution in [0.3, 0.4) is 0 Å². The maximum Gasteiger partial charge on any atom is 0.220 e. The van der Waals surface area contributed by atoms with Crippen molar-refractivity contribution < 1.29 is 9.53 Å². The molecule has 1 fully saturated rings. The summed E-state index contributed by atoms with van der Waals surface area (Å²) in [4.78, 5) is 18.8. The molecule has 21 heavy (non-hydrogen) atoms. The number of methoxy groups -OCH3 is 1. The number of hydrogen-bond donors (Lipinski definition) is 1. The minimum atomic E-state index is 0.0530. The number of likely N-dealkylation sites (tertiary alicyclic amines) is 1. The second-order valence-electron chi connectivity index (χ2n) is 5.54. The molecule has 0 aliphatic carbocycles. The summed E-state index contributed by atoms with van der Waals surface area (Å²) in [5.41, 5.74) is 2.13. The molecular weight excluding hydrogens is 266 g/mol. The lowest BCUT2D eigenvalue weighted by atomic mass is 10.1. The Morgan fingerprint density at radius 1 is 1.52 bits per heavy atom. The van der Waals surface area contributed by atoms with E-state index in [1.165, 1.54) is 12.8 Å². The lowest BCUT2D eigenvalue weighted by Gasteiger charge is -2.19. The van der Waals surface area contributed by atoms with Gasteiger partial charge in [0.15, 0.2) is 0 Å². The van der Waals surface area contributed by atoms with Gasteiger partial charge in [-0.15, -0.1) is 0 Å². The fraction of sp³-hybridized carbons (Fsp3) is 0.625. The van der Waals surface area contributed by atoms with Crippen molar-refractivity contribution in [3.63, 3.8) is 0 Å². The van der Waals surface area contributed by atoms with Crippen molar-refractivity contribution in [2.45, 2.75) is 31.7 Å². The Labute approximate surface area is 126 Å². The molecule has 2 rings (SSSR count). The number of carbonyl (C=O) groups excluding carboxylic acids is 1. The number of nitrogens with one attached hydrogen (secondary N) is 1. The lowest BCUT2D eigenvalue weighted by Crippen LogP contribution is -2.27. The van der Waals surface area contributed by atoms with Crippen LogP contribution in [0.4, 0.5) is 0 Å². The van der Waals surface area contributed by atoms with E-state index in [1.807, 2.05) is 12.1 Å². The topological polar surface area (TPSA) is 54.5 Å². The third-order valence-corrected chi connectivity index (χ3v) is 3.93. The first-order valence-corrected chi connectivity index (χ1v) is 7.62. The fourth-order valence-corrected chi connectivity index (χ4v) is 2.73. The highest BCUT2D eigenvalue weighted by Crippen LogP contribution is 2.28. The monoisotopic (exact) mass is 291 g/mol. The first kappa shape index (κ1) is 15.9. The van der Waals surface area contributed by atoms with Crippen molar-refractivity contribution in [3.05, 3.63) is 29.6 Å². The molecule has 1 amide bonds. The van der Waals surface area contributed by atoms with Crippen LogP contribution in [0, 0.1) is 0 Å².